The van der Waals surface area contributed by atoms with Gasteiger partial charge in [-0.15, -0.1) is 0 Å². The van der Waals surface area contributed by atoms with Crippen molar-refractivity contribution in [2.75, 3.05) is 7.11 Å². The molecule has 108 valence electrons. The molecule has 0 aromatic heterocycles. The van der Waals surface area contributed by atoms with Gasteiger partial charge in [-0.2, -0.15) is 0 Å². The molecule has 0 radical (unpaired) electrons. The van der Waals surface area contributed by atoms with E-state index in [2.05, 4.69) is 4.74 Å². The molecule has 0 aliphatic heterocycles. The number of nitro groups is 1. The first kappa shape index (κ1) is 15.0. The summed E-state index contributed by atoms with van der Waals surface area (Å²) in [4.78, 5) is 22.7. The van der Waals surface area contributed by atoms with Crippen LogP contribution in [0.5, 0.6) is 0 Å². The average molecular weight is 307 g/mol. The average Bonchev–Trinajstić information content (AvgIpc) is 2.46. The fourth-order valence-electron chi connectivity index (χ4n) is 1.65. The Balaban J connectivity index is 2.43. The zero-order valence-electron chi connectivity index (χ0n) is 10.9. The molecule has 2 rings (SSSR count). The number of methoxy groups -OCH3 is 1. The van der Waals surface area contributed by atoms with Crippen molar-refractivity contribution in [2.45, 2.75) is 9.79 Å². The molecule has 7 heteroatoms. The quantitative estimate of drug-likeness (QED) is 0.489. The summed E-state index contributed by atoms with van der Waals surface area (Å²) >= 11 is 1.01. The summed E-state index contributed by atoms with van der Waals surface area (Å²) in [7, 11) is 1.23. The van der Waals surface area contributed by atoms with E-state index in [0.717, 1.165) is 11.8 Å². The number of esters is 1. The molecule has 21 heavy (non-hydrogen) atoms. The molecule has 0 amide bonds. The molecule has 0 spiro atoms. The number of hydrogen-bond acceptors (Lipinski definition) is 5. The first-order valence-corrected chi connectivity index (χ1v) is 6.63. The molecule has 2 aromatic carbocycles. The summed E-state index contributed by atoms with van der Waals surface area (Å²) in [6.07, 6.45) is 0. The molecule has 0 atom stereocenters. The van der Waals surface area contributed by atoms with Crippen LogP contribution in [0.4, 0.5) is 10.1 Å². The van der Waals surface area contributed by atoms with Crippen LogP contribution in [0.25, 0.3) is 0 Å². The van der Waals surface area contributed by atoms with Gasteiger partial charge in [0.2, 0.25) is 0 Å². The van der Waals surface area contributed by atoms with Gasteiger partial charge in [-0.05, 0) is 30.3 Å². The highest BCUT2D eigenvalue weighted by molar-refractivity contribution is 7.99. The Kier molecular flexibility index (Phi) is 4.54. The van der Waals surface area contributed by atoms with Crippen LogP contribution in [0.3, 0.4) is 0 Å². The fraction of sp³-hybridized carbons (Fsp3) is 0.0714. The first-order chi connectivity index (χ1) is 10.0. The van der Waals surface area contributed by atoms with Crippen LogP contribution >= 0.6 is 11.8 Å². The van der Waals surface area contributed by atoms with E-state index in [1.54, 1.807) is 6.07 Å². The number of carbonyl (C=O) groups excluding carboxylic acids is 1. The lowest BCUT2D eigenvalue weighted by atomic mass is 10.2. The number of nitrogens with zero attached hydrogens (tertiary/aromatic N) is 1. The van der Waals surface area contributed by atoms with E-state index < -0.39 is 16.7 Å². The van der Waals surface area contributed by atoms with Gasteiger partial charge in [0.05, 0.1) is 22.5 Å². The topological polar surface area (TPSA) is 69.4 Å². The Morgan fingerprint density at radius 1 is 1.29 bits per heavy atom. The molecule has 0 fully saturated rings. The van der Waals surface area contributed by atoms with Gasteiger partial charge in [0.1, 0.15) is 5.82 Å². The number of nitro benzene ring substituents is 1. The van der Waals surface area contributed by atoms with Crippen LogP contribution in [-0.2, 0) is 4.74 Å². The van der Waals surface area contributed by atoms with E-state index in [1.807, 2.05) is 0 Å². The molecule has 0 aliphatic rings. The summed E-state index contributed by atoms with van der Waals surface area (Å²) in [5, 5.41) is 11.0. The summed E-state index contributed by atoms with van der Waals surface area (Å²) < 4.78 is 17.8. The predicted octanol–water partition coefficient (Wildman–Crippen LogP) is 3.67. The van der Waals surface area contributed by atoms with Gasteiger partial charge in [0.15, 0.2) is 0 Å². The number of hydrogen-bond donors (Lipinski definition) is 0. The monoisotopic (exact) mass is 307 g/mol. The summed E-state index contributed by atoms with van der Waals surface area (Å²) in [5.41, 5.74) is 0.0407. The normalized spacial score (nSPS) is 10.2. The molecule has 0 saturated heterocycles. The number of halogens is 1. The standard InChI is InChI=1S/C14H10FNO4S/c1-20-14(17)9-5-6-12(16(18)19)13(7-9)21-11-4-2-3-10(15)8-11/h2-8H,1H3. The second kappa shape index (κ2) is 6.36. The lowest BCUT2D eigenvalue weighted by molar-refractivity contribution is -0.387. The van der Waals surface area contributed by atoms with Gasteiger partial charge in [0, 0.05) is 11.0 Å². The van der Waals surface area contributed by atoms with Gasteiger partial charge < -0.3 is 4.74 Å². The summed E-state index contributed by atoms with van der Waals surface area (Å²) in [5.74, 6) is -1.03. The summed E-state index contributed by atoms with van der Waals surface area (Å²) in [6.45, 7) is 0. The van der Waals surface area contributed by atoms with Gasteiger partial charge in [-0.3, -0.25) is 10.1 Å². The first-order valence-electron chi connectivity index (χ1n) is 5.81. The molecule has 0 N–H and O–H groups in total. The molecule has 0 heterocycles. The van der Waals surface area contributed by atoms with E-state index >= 15 is 0 Å². The van der Waals surface area contributed by atoms with Crippen molar-refractivity contribution < 1.29 is 18.8 Å². The second-order valence-corrected chi connectivity index (χ2v) is 5.11. The van der Waals surface area contributed by atoms with E-state index in [1.165, 1.54) is 43.5 Å². The SMILES string of the molecule is COC(=O)c1ccc([N+](=O)[O-])c(Sc2cccc(F)c2)c1. The van der Waals surface area contributed by atoms with E-state index in [9.17, 15) is 19.3 Å². The van der Waals surface area contributed by atoms with Crippen molar-refractivity contribution in [2.24, 2.45) is 0 Å². The van der Waals surface area contributed by atoms with Gasteiger partial charge in [-0.1, -0.05) is 17.8 Å². The van der Waals surface area contributed by atoms with E-state index in [-0.39, 0.29) is 16.1 Å². The van der Waals surface area contributed by atoms with Crippen molar-refractivity contribution in [3.63, 3.8) is 0 Å². The van der Waals surface area contributed by atoms with Crippen molar-refractivity contribution in [3.8, 4) is 0 Å². The smallest absolute Gasteiger partial charge is 0.337 e. The van der Waals surface area contributed by atoms with Crippen LogP contribution in [-0.4, -0.2) is 18.0 Å². The van der Waals surface area contributed by atoms with Crippen LogP contribution in [0.15, 0.2) is 52.3 Å². The Morgan fingerprint density at radius 3 is 2.67 bits per heavy atom. The highest BCUT2D eigenvalue weighted by atomic mass is 32.2. The van der Waals surface area contributed by atoms with Gasteiger partial charge in [0.25, 0.3) is 5.69 Å². The van der Waals surface area contributed by atoms with Crippen molar-refractivity contribution in [3.05, 3.63) is 64.0 Å². The van der Waals surface area contributed by atoms with Crippen LogP contribution in [0, 0.1) is 15.9 Å². The second-order valence-electron chi connectivity index (χ2n) is 3.99. The fourth-order valence-corrected chi connectivity index (χ4v) is 2.65. The number of carbonyl (C=O) groups is 1. The Labute approximate surface area is 123 Å². The van der Waals surface area contributed by atoms with Crippen LogP contribution < -0.4 is 0 Å². The minimum atomic E-state index is -0.592. The highest BCUT2D eigenvalue weighted by Crippen LogP contribution is 2.35. The molecule has 0 saturated carbocycles. The molecular formula is C14H10FNO4S. The molecule has 0 unspecified atom stereocenters. The van der Waals surface area contributed by atoms with E-state index in [0.29, 0.717) is 4.90 Å². The van der Waals surface area contributed by atoms with Crippen molar-refractivity contribution in [1.82, 2.24) is 0 Å². The zero-order chi connectivity index (χ0) is 15.4. The summed E-state index contributed by atoms with van der Waals surface area (Å²) in [6, 6.07) is 9.59. The minimum absolute atomic E-state index is 0.156. The number of rotatable bonds is 4. The maximum absolute atomic E-state index is 13.2. The van der Waals surface area contributed by atoms with Gasteiger partial charge in [-0.25, -0.2) is 9.18 Å². The predicted molar refractivity (Wildman–Crippen MR) is 75.0 cm³/mol. The lowest BCUT2D eigenvalue weighted by Gasteiger charge is -2.05. The lowest BCUT2D eigenvalue weighted by Crippen LogP contribution is -2.02. The largest absolute Gasteiger partial charge is 0.465 e. The van der Waals surface area contributed by atoms with Crippen LogP contribution in [0.2, 0.25) is 0 Å². The third-order valence-corrected chi connectivity index (χ3v) is 3.64. The molecule has 0 bridgehead atoms. The maximum Gasteiger partial charge on any atom is 0.337 e. The maximum atomic E-state index is 13.2. The van der Waals surface area contributed by atoms with Crippen molar-refractivity contribution in [1.29, 1.82) is 0 Å². The molecular weight excluding hydrogens is 297 g/mol. The Morgan fingerprint density at radius 2 is 2.05 bits per heavy atom. The zero-order valence-corrected chi connectivity index (χ0v) is 11.7. The minimum Gasteiger partial charge on any atom is -0.465 e. The Hall–Kier alpha value is -2.41. The van der Waals surface area contributed by atoms with E-state index in [4.69, 9.17) is 0 Å². The molecule has 0 aliphatic carbocycles. The van der Waals surface area contributed by atoms with Crippen molar-refractivity contribution >= 4 is 23.4 Å². The highest BCUT2D eigenvalue weighted by Gasteiger charge is 2.18. The number of benzene rings is 2. The third-order valence-electron chi connectivity index (χ3n) is 2.60. The molecule has 2 aromatic rings. The third kappa shape index (κ3) is 3.57. The Bertz CT molecular complexity index is 705. The number of ether oxygens (including phenoxy) is 1. The van der Waals surface area contributed by atoms with Gasteiger partial charge >= 0.3 is 5.97 Å². The molecule has 5 nitrogen and oxygen atoms in total. The van der Waals surface area contributed by atoms with Crippen LogP contribution in [0.1, 0.15) is 10.4 Å².